The smallest absolute Gasteiger partial charge is 0.255 e. The number of para-hydroxylation sites is 1. The summed E-state index contributed by atoms with van der Waals surface area (Å²) in [6, 6.07) is 12.2. The molecule has 0 aromatic heterocycles. The van der Waals surface area contributed by atoms with E-state index in [2.05, 4.69) is 5.32 Å². The summed E-state index contributed by atoms with van der Waals surface area (Å²) >= 11 is 5.91. The Balaban J connectivity index is 2.17. The van der Waals surface area contributed by atoms with E-state index < -0.39 is 0 Å². The first-order chi connectivity index (χ1) is 8.16. The van der Waals surface area contributed by atoms with Crippen LogP contribution >= 0.6 is 11.6 Å². The Kier molecular flexibility index (Phi) is 3.40. The van der Waals surface area contributed by atoms with E-state index in [1.807, 2.05) is 0 Å². The highest BCUT2D eigenvalue weighted by atomic mass is 35.5. The molecule has 0 fully saturated rings. The van der Waals surface area contributed by atoms with Gasteiger partial charge in [-0.2, -0.15) is 0 Å². The minimum atomic E-state index is -0.376. The molecule has 2 aromatic rings. The molecule has 0 saturated heterocycles. The summed E-state index contributed by atoms with van der Waals surface area (Å²) in [4.78, 5) is 11.8. The van der Waals surface area contributed by atoms with Crippen LogP contribution in [-0.2, 0) is 0 Å². The van der Waals surface area contributed by atoms with Gasteiger partial charge >= 0.3 is 0 Å². The van der Waals surface area contributed by atoms with Crippen LogP contribution in [0.1, 0.15) is 10.4 Å². The predicted molar refractivity (Wildman–Crippen MR) is 65.8 cm³/mol. The Bertz CT molecular complexity index is 539. The Morgan fingerprint density at radius 3 is 2.35 bits per heavy atom. The topological polar surface area (TPSA) is 29.1 Å². The van der Waals surface area contributed by atoms with Crippen LogP contribution in [0.3, 0.4) is 0 Å². The molecule has 0 heterocycles. The van der Waals surface area contributed by atoms with Gasteiger partial charge in [0.2, 0.25) is 0 Å². The number of anilines is 1. The first-order valence-electron chi connectivity index (χ1n) is 4.98. The fourth-order valence-corrected chi connectivity index (χ4v) is 1.54. The summed E-state index contributed by atoms with van der Waals surface area (Å²) in [5.74, 6) is -0.697. The van der Waals surface area contributed by atoms with Crippen LogP contribution < -0.4 is 5.32 Å². The van der Waals surface area contributed by atoms with E-state index in [0.29, 0.717) is 16.3 Å². The number of nitrogens with one attached hydrogen (secondary N) is 1. The van der Waals surface area contributed by atoms with Gasteiger partial charge in [0.1, 0.15) is 5.82 Å². The van der Waals surface area contributed by atoms with Gasteiger partial charge in [0.05, 0.1) is 10.7 Å². The van der Waals surface area contributed by atoms with Crippen molar-refractivity contribution in [3.05, 3.63) is 64.9 Å². The number of amides is 1. The molecule has 17 heavy (non-hydrogen) atoms. The van der Waals surface area contributed by atoms with Gasteiger partial charge in [0.25, 0.3) is 5.91 Å². The van der Waals surface area contributed by atoms with Gasteiger partial charge < -0.3 is 5.32 Å². The van der Waals surface area contributed by atoms with Gasteiger partial charge in [0, 0.05) is 5.56 Å². The molecule has 1 N–H and O–H groups in total. The molecular weight excluding hydrogens is 241 g/mol. The molecule has 86 valence electrons. The fourth-order valence-electron chi connectivity index (χ4n) is 1.36. The Labute approximate surface area is 103 Å². The molecule has 2 aromatic carbocycles. The number of carbonyl (C=O) groups excluding carboxylic acids is 1. The molecule has 0 saturated carbocycles. The van der Waals surface area contributed by atoms with Gasteiger partial charge in [-0.1, -0.05) is 23.7 Å². The summed E-state index contributed by atoms with van der Waals surface area (Å²) in [6.45, 7) is 0. The number of benzene rings is 2. The Morgan fingerprint density at radius 1 is 1.06 bits per heavy atom. The molecule has 0 bridgehead atoms. The highest BCUT2D eigenvalue weighted by Gasteiger charge is 2.07. The van der Waals surface area contributed by atoms with Crippen LogP contribution in [0.2, 0.25) is 5.02 Å². The van der Waals surface area contributed by atoms with E-state index in [0.717, 1.165) is 0 Å². The molecule has 2 rings (SSSR count). The van der Waals surface area contributed by atoms with Crippen molar-refractivity contribution >= 4 is 23.2 Å². The molecule has 0 aliphatic carbocycles. The van der Waals surface area contributed by atoms with Crippen LogP contribution in [0.15, 0.2) is 48.5 Å². The molecule has 0 aliphatic rings. The number of hydrogen-bond donors (Lipinski definition) is 1. The first-order valence-corrected chi connectivity index (χ1v) is 5.36. The van der Waals surface area contributed by atoms with Crippen molar-refractivity contribution < 1.29 is 9.18 Å². The van der Waals surface area contributed by atoms with E-state index >= 15 is 0 Å². The SMILES string of the molecule is O=C(Nc1ccccc1Cl)c1ccc(F)cc1. The number of halogens is 2. The van der Waals surface area contributed by atoms with Crippen molar-refractivity contribution in [1.82, 2.24) is 0 Å². The van der Waals surface area contributed by atoms with Crippen molar-refractivity contribution in [2.24, 2.45) is 0 Å². The number of hydrogen-bond acceptors (Lipinski definition) is 1. The summed E-state index contributed by atoms with van der Waals surface area (Å²) in [7, 11) is 0. The van der Waals surface area contributed by atoms with Crippen molar-refractivity contribution in [2.75, 3.05) is 5.32 Å². The lowest BCUT2D eigenvalue weighted by Crippen LogP contribution is -2.12. The monoisotopic (exact) mass is 249 g/mol. The van der Waals surface area contributed by atoms with Crippen molar-refractivity contribution in [2.45, 2.75) is 0 Å². The minimum absolute atomic E-state index is 0.321. The zero-order chi connectivity index (χ0) is 12.3. The summed E-state index contributed by atoms with van der Waals surface area (Å²) in [5, 5.41) is 3.11. The van der Waals surface area contributed by atoms with Gasteiger partial charge in [0.15, 0.2) is 0 Å². The summed E-state index contributed by atoms with van der Waals surface area (Å²) < 4.78 is 12.7. The highest BCUT2D eigenvalue weighted by molar-refractivity contribution is 6.33. The van der Waals surface area contributed by atoms with Crippen LogP contribution in [-0.4, -0.2) is 5.91 Å². The molecular formula is C13H9ClFNO. The van der Waals surface area contributed by atoms with Gasteiger partial charge in [-0.05, 0) is 36.4 Å². The normalized spacial score (nSPS) is 10.0. The van der Waals surface area contributed by atoms with Gasteiger partial charge in [-0.15, -0.1) is 0 Å². The summed E-state index contributed by atoms with van der Waals surface area (Å²) in [6.07, 6.45) is 0. The predicted octanol–water partition coefficient (Wildman–Crippen LogP) is 3.73. The van der Waals surface area contributed by atoms with Crippen LogP contribution in [0, 0.1) is 5.82 Å². The van der Waals surface area contributed by atoms with Gasteiger partial charge in [-0.3, -0.25) is 4.79 Å². The lowest BCUT2D eigenvalue weighted by molar-refractivity contribution is 0.102. The molecule has 0 atom stereocenters. The fraction of sp³-hybridized carbons (Fsp3) is 0. The zero-order valence-electron chi connectivity index (χ0n) is 8.78. The quantitative estimate of drug-likeness (QED) is 0.863. The molecule has 0 radical (unpaired) electrons. The van der Waals surface area contributed by atoms with Gasteiger partial charge in [-0.25, -0.2) is 4.39 Å². The third-order valence-electron chi connectivity index (χ3n) is 2.23. The summed E-state index contributed by atoms with van der Waals surface area (Å²) in [5.41, 5.74) is 0.912. The molecule has 4 heteroatoms. The Hall–Kier alpha value is -1.87. The van der Waals surface area contributed by atoms with E-state index in [9.17, 15) is 9.18 Å². The van der Waals surface area contributed by atoms with Crippen LogP contribution in [0.5, 0.6) is 0 Å². The largest absolute Gasteiger partial charge is 0.321 e. The molecule has 2 nitrogen and oxygen atoms in total. The number of rotatable bonds is 2. The van der Waals surface area contributed by atoms with Crippen LogP contribution in [0.4, 0.5) is 10.1 Å². The minimum Gasteiger partial charge on any atom is -0.321 e. The van der Waals surface area contributed by atoms with Crippen molar-refractivity contribution in [3.8, 4) is 0 Å². The zero-order valence-corrected chi connectivity index (χ0v) is 9.54. The molecule has 1 amide bonds. The maximum Gasteiger partial charge on any atom is 0.255 e. The van der Waals surface area contributed by atoms with Crippen molar-refractivity contribution in [1.29, 1.82) is 0 Å². The lowest BCUT2D eigenvalue weighted by Gasteiger charge is -2.06. The molecule has 0 spiro atoms. The van der Waals surface area contributed by atoms with E-state index in [4.69, 9.17) is 11.6 Å². The molecule has 0 unspecified atom stereocenters. The third-order valence-corrected chi connectivity index (χ3v) is 2.56. The first kappa shape index (κ1) is 11.6. The maximum atomic E-state index is 12.7. The second kappa shape index (κ2) is 4.97. The van der Waals surface area contributed by atoms with E-state index in [1.165, 1.54) is 24.3 Å². The maximum absolute atomic E-state index is 12.7. The Morgan fingerprint density at radius 2 is 1.71 bits per heavy atom. The highest BCUT2D eigenvalue weighted by Crippen LogP contribution is 2.21. The van der Waals surface area contributed by atoms with Crippen molar-refractivity contribution in [3.63, 3.8) is 0 Å². The average Bonchev–Trinajstić information content (AvgIpc) is 2.33. The standard InChI is InChI=1S/C13H9ClFNO/c14-11-3-1-2-4-12(11)16-13(17)9-5-7-10(15)8-6-9/h1-8H,(H,16,17). The van der Waals surface area contributed by atoms with Crippen LogP contribution in [0.25, 0.3) is 0 Å². The average molecular weight is 250 g/mol. The van der Waals surface area contributed by atoms with E-state index in [1.54, 1.807) is 24.3 Å². The lowest BCUT2D eigenvalue weighted by atomic mass is 10.2. The third kappa shape index (κ3) is 2.82. The van der Waals surface area contributed by atoms with E-state index in [-0.39, 0.29) is 11.7 Å². The second-order valence-corrected chi connectivity index (χ2v) is 3.85. The number of carbonyl (C=O) groups is 1. The second-order valence-electron chi connectivity index (χ2n) is 3.44. The molecule has 0 aliphatic heterocycles.